The number of aromatic nitrogens is 1. The van der Waals surface area contributed by atoms with Crippen LogP contribution in [0.25, 0.3) is 0 Å². The maximum atomic E-state index is 13.4. The Morgan fingerprint density at radius 3 is 2.88 bits per heavy atom. The van der Waals surface area contributed by atoms with E-state index in [1.807, 2.05) is 12.3 Å². The van der Waals surface area contributed by atoms with Gasteiger partial charge in [0.2, 0.25) is 0 Å². The SMILES string of the molecule is COc1ccc(NCc2nc(C)cs2)cc1F. The fourth-order valence-electron chi connectivity index (χ4n) is 1.44. The molecule has 1 heterocycles. The lowest BCUT2D eigenvalue weighted by atomic mass is 10.3. The van der Waals surface area contributed by atoms with Crippen molar-refractivity contribution in [1.29, 1.82) is 0 Å². The van der Waals surface area contributed by atoms with Gasteiger partial charge in [0.15, 0.2) is 11.6 Å². The molecule has 0 bridgehead atoms. The van der Waals surface area contributed by atoms with Gasteiger partial charge in [-0.1, -0.05) is 0 Å². The third-order valence-corrected chi connectivity index (χ3v) is 3.23. The molecule has 1 aromatic carbocycles. The molecule has 1 N–H and O–H groups in total. The number of hydrogen-bond acceptors (Lipinski definition) is 4. The van der Waals surface area contributed by atoms with Crippen molar-refractivity contribution in [3.05, 3.63) is 40.1 Å². The van der Waals surface area contributed by atoms with Crippen LogP contribution in [0.2, 0.25) is 0 Å². The Morgan fingerprint density at radius 2 is 2.29 bits per heavy atom. The quantitative estimate of drug-likeness (QED) is 0.907. The van der Waals surface area contributed by atoms with E-state index in [1.54, 1.807) is 23.5 Å². The Morgan fingerprint density at radius 1 is 1.47 bits per heavy atom. The van der Waals surface area contributed by atoms with Gasteiger partial charge in [0.25, 0.3) is 0 Å². The lowest BCUT2D eigenvalue weighted by molar-refractivity contribution is 0.386. The number of hydrogen-bond donors (Lipinski definition) is 1. The monoisotopic (exact) mass is 252 g/mol. The molecular formula is C12H13FN2OS. The Bertz CT molecular complexity index is 513. The third kappa shape index (κ3) is 2.94. The summed E-state index contributed by atoms with van der Waals surface area (Å²) in [5.41, 5.74) is 1.73. The van der Waals surface area contributed by atoms with E-state index in [2.05, 4.69) is 10.3 Å². The van der Waals surface area contributed by atoms with Crippen molar-refractivity contribution in [2.75, 3.05) is 12.4 Å². The summed E-state index contributed by atoms with van der Waals surface area (Å²) in [5, 5.41) is 6.10. The first kappa shape index (κ1) is 11.9. The van der Waals surface area contributed by atoms with Crippen LogP contribution in [0.15, 0.2) is 23.6 Å². The number of aryl methyl sites for hydroxylation is 1. The molecule has 3 nitrogen and oxygen atoms in total. The van der Waals surface area contributed by atoms with Crippen LogP contribution >= 0.6 is 11.3 Å². The lowest BCUT2D eigenvalue weighted by Gasteiger charge is -2.06. The van der Waals surface area contributed by atoms with Crippen molar-refractivity contribution in [3.8, 4) is 5.75 Å². The molecule has 0 amide bonds. The first-order valence-electron chi connectivity index (χ1n) is 5.17. The summed E-state index contributed by atoms with van der Waals surface area (Å²) in [7, 11) is 1.45. The van der Waals surface area contributed by atoms with Crippen molar-refractivity contribution in [2.45, 2.75) is 13.5 Å². The highest BCUT2D eigenvalue weighted by Gasteiger charge is 2.04. The predicted octanol–water partition coefficient (Wildman–Crippen LogP) is 3.21. The van der Waals surface area contributed by atoms with Crippen LogP contribution in [0.5, 0.6) is 5.75 Å². The number of benzene rings is 1. The summed E-state index contributed by atoms with van der Waals surface area (Å²) in [6.45, 7) is 2.55. The number of ether oxygens (including phenoxy) is 1. The first-order chi connectivity index (χ1) is 8.19. The van der Waals surface area contributed by atoms with Gasteiger partial charge in [0, 0.05) is 22.8 Å². The predicted molar refractivity (Wildman–Crippen MR) is 67.1 cm³/mol. The molecule has 0 aliphatic rings. The van der Waals surface area contributed by atoms with Crippen LogP contribution < -0.4 is 10.1 Å². The molecule has 0 radical (unpaired) electrons. The van der Waals surface area contributed by atoms with Crippen LogP contribution in [-0.2, 0) is 6.54 Å². The molecule has 0 fully saturated rings. The second-order valence-corrected chi connectivity index (χ2v) is 4.53. The summed E-state index contributed by atoms with van der Waals surface area (Å²) in [4.78, 5) is 4.32. The maximum absolute atomic E-state index is 13.4. The number of anilines is 1. The molecule has 2 rings (SSSR count). The molecule has 1 aromatic heterocycles. The van der Waals surface area contributed by atoms with Gasteiger partial charge < -0.3 is 10.1 Å². The van der Waals surface area contributed by atoms with Crippen LogP contribution in [-0.4, -0.2) is 12.1 Å². The van der Waals surface area contributed by atoms with E-state index in [0.29, 0.717) is 6.54 Å². The van der Waals surface area contributed by atoms with Crippen molar-refractivity contribution in [3.63, 3.8) is 0 Å². The number of methoxy groups -OCH3 is 1. The highest BCUT2D eigenvalue weighted by atomic mass is 32.1. The second-order valence-electron chi connectivity index (χ2n) is 3.59. The van der Waals surface area contributed by atoms with Crippen LogP contribution in [0.3, 0.4) is 0 Å². The molecule has 0 saturated carbocycles. The van der Waals surface area contributed by atoms with Crippen molar-refractivity contribution >= 4 is 17.0 Å². The summed E-state index contributed by atoms with van der Waals surface area (Å²) < 4.78 is 18.3. The fraction of sp³-hybridized carbons (Fsp3) is 0.250. The molecule has 0 saturated heterocycles. The minimum absolute atomic E-state index is 0.251. The van der Waals surface area contributed by atoms with E-state index < -0.39 is 0 Å². The van der Waals surface area contributed by atoms with Gasteiger partial charge in [-0.25, -0.2) is 9.37 Å². The molecule has 17 heavy (non-hydrogen) atoms. The minimum Gasteiger partial charge on any atom is -0.494 e. The van der Waals surface area contributed by atoms with Gasteiger partial charge in [0.1, 0.15) is 5.01 Å². The van der Waals surface area contributed by atoms with Crippen molar-refractivity contribution in [1.82, 2.24) is 4.98 Å². The maximum Gasteiger partial charge on any atom is 0.167 e. The number of thiazole rings is 1. The summed E-state index contributed by atoms with van der Waals surface area (Å²) >= 11 is 1.59. The molecule has 0 aliphatic carbocycles. The average molecular weight is 252 g/mol. The molecule has 2 aromatic rings. The van der Waals surface area contributed by atoms with Gasteiger partial charge in [0.05, 0.1) is 13.7 Å². The number of nitrogens with zero attached hydrogens (tertiary/aromatic N) is 1. The van der Waals surface area contributed by atoms with E-state index in [-0.39, 0.29) is 11.6 Å². The standard InChI is InChI=1S/C12H13FN2OS/c1-8-7-17-12(15-8)6-14-9-3-4-11(16-2)10(13)5-9/h3-5,7,14H,6H2,1-2H3. The van der Waals surface area contributed by atoms with Crippen molar-refractivity contribution in [2.24, 2.45) is 0 Å². The zero-order chi connectivity index (χ0) is 12.3. The largest absolute Gasteiger partial charge is 0.494 e. The average Bonchev–Trinajstić information content (AvgIpc) is 2.73. The normalized spacial score (nSPS) is 10.3. The van der Waals surface area contributed by atoms with E-state index in [9.17, 15) is 4.39 Å². The summed E-state index contributed by atoms with van der Waals surface area (Å²) in [5.74, 6) is -0.117. The lowest BCUT2D eigenvalue weighted by Crippen LogP contribution is -2.00. The number of halogens is 1. The van der Waals surface area contributed by atoms with Crippen molar-refractivity contribution < 1.29 is 9.13 Å². The first-order valence-corrected chi connectivity index (χ1v) is 6.05. The molecule has 0 aliphatic heterocycles. The van der Waals surface area contributed by atoms with Gasteiger partial charge in [-0.05, 0) is 19.1 Å². The summed E-state index contributed by atoms with van der Waals surface area (Å²) in [6.07, 6.45) is 0. The highest BCUT2D eigenvalue weighted by Crippen LogP contribution is 2.21. The van der Waals surface area contributed by atoms with Gasteiger partial charge in [-0.3, -0.25) is 0 Å². The summed E-state index contributed by atoms with van der Waals surface area (Å²) in [6, 6.07) is 4.80. The molecule has 0 atom stereocenters. The highest BCUT2D eigenvalue weighted by molar-refractivity contribution is 7.09. The van der Waals surface area contributed by atoms with Gasteiger partial charge in [-0.15, -0.1) is 11.3 Å². The Kier molecular flexibility index (Phi) is 3.58. The fourth-order valence-corrected chi connectivity index (χ4v) is 2.15. The molecule has 0 spiro atoms. The van der Waals surface area contributed by atoms with E-state index in [1.165, 1.54) is 13.2 Å². The zero-order valence-electron chi connectivity index (χ0n) is 9.66. The Balaban J connectivity index is 2.02. The van der Waals surface area contributed by atoms with Gasteiger partial charge >= 0.3 is 0 Å². The molecule has 90 valence electrons. The third-order valence-electron chi connectivity index (χ3n) is 2.26. The number of rotatable bonds is 4. The molecule has 0 unspecified atom stereocenters. The Hall–Kier alpha value is -1.62. The smallest absolute Gasteiger partial charge is 0.167 e. The van der Waals surface area contributed by atoms with Crippen LogP contribution in [0.1, 0.15) is 10.7 Å². The van der Waals surface area contributed by atoms with E-state index >= 15 is 0 Å². The van der Waals surface area contributed by atoms with E-state index in [0.717, 1.165) is 16.4 Å². The minimum atomic E-state index is -0.368. The Labute approximate surface area is 103 Å². The second kappa shape index (κ2) is 5.14. The molecular weight excluding hydrogens is 239 g/mol. The zero-order valence-corrected chi connectivity index (χ0v) is 10.5. The number of nitrogens with one attached hydrogen (secondary N) is 1. The van der Waals surface area contributed by atoms with Crippen LogP contribution in [0.4, 0.5) is 10.1 Å². The van der Waals surface area contributed by atoms with Gasteiger partial charge in [-0.2, -0.15) is 0 Å². The van der Waals surface area contributed by atoms with E-state index in [4.69, 9.17) is 4.74 Å². The topological polar surface area (TPSA) is 34.1 Å². The van der Waals surface area contributed by atoms with Crippen LogP contribution in [0, 0.1) is 12.7 Å². The molecule has 5 heteroatoms.